The van der Waals surface area contributed by atoms with Gasteiger partial charge >= 0.3 is 5.97 Å². The second-order valence-electron chi connectivity index (χ2n) is 4.33. The molecule has 0 bridgehead atoms. The Hall–Kier alpha value is -1.07. The van der Waals surface area contributed by atoms with Crippen molar-refractivity contribution in [2.24, 2.45) is 0 Å². The van der Waals surface area contributed by atoms with Gasteiger partial charge in [-0.1, -0.05) is 0 Å². The van der Waals surface area contributed by atoms with Crippen LogP contribution in [0.1, 0.15) is 20.8 Å². The van der Waals surface area contributed by atoms with Gasteiger partial charge in [-0.15, -0.1) is 0 Å². The minimum Gasteiger partial charge on any atom is -0.463 e. The average Bonchev–Trinajstić information content (AvgIpc) is 2.64. The number of hydrogen-bond acceptors (Lipinski definition) is 5. The van der Waals surface area contributed by atoms with Crippen molar-refractivity contribution < 1.29 is 19.0 Å². The van der Waals surface area contributed by atoms with Gasteiger partial charge in [0.1, 0.15) is 12.2 Å². The van der Waals surface area contributed by atoms with E-state index in [1.165, 1.54) is 6.08 Å². The average molecular weight is 227 g/mol. The smallest absolute Gasteiger partial charge is 0.332 e. The van der Waals surface area contributed by atoms with Gasteiger partial charge in [0, 0.05) is 12.6 Å². The molecular weight excluding hydrogens is 210 g/mol. The van der Waals surface area contributed by atoms with Crippen LogP contribution < -0.4 is 5.32 Å². The molecule has 0 aromatic carbocycles. The molecule has 2 heterocycles. The summed E-state index contributed by atoms with van der Waals surface area (Å²) < 4.78 is 16.2. The van der Waals surface area contributed by atoms with E-state index in [2.05, 4.69) is 5.32 Å². The fraction of sp³-hybridized carbons (Fsp3) is 0.727. The van der Waals surface area contributed by atoms with Gasteiger partial charge in [-0.3, -0.25) is 0 Å². The summed E-state index contributed by atoms with van der Waals surface area (Å²) in [5.74, 6) is -0.926. The predicted octanol–water partition coefficient (Wildman–Crippen LogP) is 0.557. The number of esters is 1. The molecule has 90 valence electrons. The van der Waals surface area contributed by atoms with Gasteiger partial charge in [0.25, 0.3) is 0 Å². The van der Waals surface area contributed by atoms with Crippen molar-refractivity contribution in [1.82, 2.24) is 5.32 Å². The Morgan fingerprint density at radius 1 is 1.62 bits per heavy atom. The van der Waals surface area contributed by atoms with Gasteiger partial charge < -0.3 is 19.5 Å². The van der Waals surface area contributed by atoms with Crippen molar-refractivity contribution in [3.63, 3.8) is 0 Å². The fourth-order valence-corrected chi connectivity index (χ4v) is 2.01. The second kappa shape index (κ2) is 4.07. The third-order valence-electron chi connectivity index (χ3n) is 2.56. The number of nitrogens with one attached hydrogen (secondary N) is 1. The first kappa shape index (κ1) is 11.4. The van der Waals surface area contributed by atoms with E-state index in [-0.39, 0.29) is 18.2 Å². The van der Waals surface area contributed by atoms with Crippen molar-refractivity contribution in [1.29, 1.82) is 0 Å². The maximum Gasteiger partial charge on any atom is 0.332 e. The summed E-state index contributed by atoms with van der Waals surface area (Å²) in [5.41, 5.74) is 0.744. The molecule has 2 atom stereocenters. The highest BCUT2D eigenvalue weighted by molar-refractivity contribution is 5.83. The van der Waals surface area contributed by atoms with Crippen LogP contribution in [-0.4, -0.2) is 37.1 Å². The quantitative estimate of drug-likeness (QED) is 0.551. The fourth-order valence-electron chi connectivity index (χ4n) is 2.01. The summed E-state index contributed by atoms with van der Waals surface area (Å²) in [5, 5.41) is 3.10. The van der Waals surface area contributed by atoms with Gasteiger partial charge in [0.05, 0.1) is 12.3 Å². The monoisotopic (exact) mass is 227 g/mol. The summed E-state index contributed by atoms with van der Waals surface area (Å²) in [6.45, 7) is 6.55. The van der Waals surface area contributed by atoms with E-state index in [1.54, 1.807) is 6.92 Å². The van der Waals surface area contributed by atoms with Gasteiger partial charge in [0.15, 0.2) is 5.79 Å². The number of rotatable bonds is 2. The maximum atomic E-state index is 11.3. The van der Waals surface area contributed by atoms with Crippen LogP contribution in [0.3, 0.4) is 0 Å². The number of carbonyl (C=O) groups excluding carboxylic acids is 1. The van der Waals surface area contributed by atoms with E-state index >= 15 is 0 Å². The number of hydrogen-bond donors (Lipinski definition) is 1. The molecule has 0 radical (unpaired) electrons. The van der Waals surface area contributed by atoms with Crippen LogP contribution in [0.2, 0.25) is 0 Å². The SMILES string of the molecule is CCOC(=O)/C=C1/NC[C@H]2OC(C)(C)O[C@@H]12. The van der Waals surface area contributed by atoms with E-state index in [1.807, 2.05) is 13.8 Å². The lowest BCUT2D eigenvalue weighted by Crippen LogP contribution is -2.26. The third-order valence-corrected chi connectivity index (χ3v) is 2.56. The zero-order valence-electron chi connectivity index (χ0n) is 9.78. The maximum absolute atomic E-state index is 11.3. The Morgan fingerprint density at radius 3 is 3.06 bits per heavy atom. The molecule has 16 heavy (non-hydrogen) atoms. The molecule has 0 saturated carbocycles. The lowest BCUT2D eigenvalue weighted by Gasteiger charge is -2.18. The molecule has 0 aromatic rings. The molecule has 2 aliphatic rings. The molecular formula is C11H17NO4. The van der Waals surface area contributed by atoms with Crippen molar-refractivity contribution in [3.8, 4) is 0 Å². The van der Waals surface area contributed by atoms with Crippen molar-refractivity contribution in [2.75, 3.05) is 13.2 Å². The van der Waals surface area contributed by atoms with Gasteiger partial charge in [-0.25, -0.2) is 4.79 Å². The highest BCUT2D eigenvalue weighted by atomic mass is 16.8. The molecule has 2 rings (SSSR count). The van der Waals surface area contributed by atoms with E-state index in [0.29, 0.717) is 13.2 Å². The lowest BCUT2D eigenvalue weighted by molar-refractivity contribution is -0.147. The van der Waals surface area contributed by atoms with Gasteiger partial charge in [-0.2, -0.15) is 0 Å². The van der Waals surface area contributed by atoms with Crippen LogP contribution in [0.5, 0.6) is 0 Å². The molecule has 2 fully saturated rings. The van der Waals surface area contributed by atoms with Crippen molar-refractivity contribution in [2.45, 2.75) is 38.8 Å². The van der Waals surface area contributed by atoms with Gasteiger partial charge in [0.2, 0.25) is 0 Å². The topological polar surface area (TPSA) is 56.8 Å². The number of fused-ring (bicyclic) bond motifs is 1. The van der Waals surface area contributed by atoms with Crippen LogP contribution in [0.15, 0.2) is 11.8 Å². The molecule has 0 aliphatic carbocycles. The highest BCUT2D eigenvalue weighted by Crippen LogP contribution is 2.34. The van der Waals surface area contributed by atoms with Crippen molar-refractivity contribution >= 4 is 5.97 Å². The Morgan fingerprint density at radius 2 is 2.38 bits per heavy atom. The van der Waals surface area contributed by atoms with E-state index in [0.717, 1.165) is 5.70 Å². The Balaban J connectivity index is 2.06. The first-order valence-corrected chi connectivity index (χ1v) is 5.49. The molecule has 0 unspecified atom stereocenters. The Labute approximate surface area is 94.7 Å². The van der Waals surface area contributed by atoms with E-state index in [4.69, 9.17) is 14.2 Å². The predicted molar refractivity (Wildman–Crippen MR) is 56.5 cm³/mol. The molecule has 5 nitrogen and oxygen atoms in total. The third kappa shape index (κ3) is 2.20. The molecule has 5 heteroatoms. The lowest BCUT2D eigenvalue weighted by atomic mass is 10.2. The number of carbonyl (C=O) groups is 1. The number of ether oxygens (including phenoxy) is 3. The summed E-state index contributed by atoms with van der Waals surface area (Å²) >= 11 is 0. The standard InChI is InChI=1S/C11H17NO4/c1-4-14-9(13)5-7-10-8(6-12-7)15-11(2,3)16-10/h5,8,10,12H,4,6H2,1-3H3/b7-5+/t8-,10+/m1/s1. The minimum absolute atomic E-state index is 0.0179. The molecule has 0 amide bonds. The first-order chi connectivity index (χ1) is 7.52. The van der Waals surface area contributed by atoms with Crippen LogP contribution in [0, 0.1) is 0 Å². The molecule has 2 aliphatic heterocycles. The van der Waals surface area contributed by atoms with E-state index in [9.17, 15) is 4.79 Å². The van der Waals surface area contributed by atoms with Crippen LogP contribution in [-0.2, 0) is 19.0 Å². The van der Waals surface area contributed by atoms with Crippen LogP contribution in [0.25, 0.3) is 0 Å². The highest BCUT2D eigenvalue weighted by Gasteiger charge is 2.46. The summed E-state index contributed by atoms with van der Waals surface area (Å²) in [6.07, 6.45) is 1.24. The molecule has 2 saturated heterocycles. The summed E-state index contributed by atoms with van der Waals surface area (Å²) in [6, 6.07) is 0. The molecule has 1 N–H and O–H groups in total. The molecule has 0 spiro atoms. The van der Waals surface area contributed by atoms with Crippen LogP contribution >= 0.6 is 0 Å². The largest absolute Gasteiger partial charge is 0.463 e. The zero-order valence-corrected chi connectivity index (χ0v) is 9.78. The first-order valence-electron chi connectivity index (χ1n) is 5.49. The summed E-state index contributed by atoms with van der Waals surface area (Å²) in [4.78, 5) is 11.3. The van der Waals surface area contributed by atoms with Gasteiger partial charge in [-0.05, 0) is 20.8 Å². The summed E-state index contributed by atoms with van der Waals surface area (Å²) in [7, 11) is 0. The zero-order chi connectivity index (χ0) is 11.8. The normalized spacial score (nSPS) is 33.6. The minimum atomic E-state index is -0.578. The Kier molecular flexibility index (Phi) is 2.90. The second-order valence-corrected chi connectivity index (χ2v) is 4.33. The van der Waals surface area contributed by atoms with E-state index < -0.39 is 5.79 Å². The molecule has 0 aromatic heterocycles. The van der Waals surface area contributed by atoms with Crippen LogP contribution in [0.4, 0.5) is 0 Å². The van der Waals surface area contributed by atoms with Crippen molar-refractivity contribution in [3.05, 3.63) is 11.8 Å². The Bertz CT molecular complexity index is 324.